The Hall–Kier alpha value is -4.26. The zero-order valence-electron chi connectivity index (χ0n) is 24.1. The molecule has 1 heterocycles. The number of alkyl carbamates (subject to hydrolysis) is 1. The second kappa shape index (κ2) is 12.1. The van der Waals surface area contributed by atoms with Crippen LogP contribution in [0.4, 0.5) is 4.79 Å². The fraction of sp³-hybridized carbons (Fsp3) is 0.353. The molecule has 0 bridgehead atoms. The van der Waals surface area contributed by atoms with E-state index in [0.29, 0.717) is 31.4 Å². The van der Waals surface area contributed by atoms with Gasteiger partial charge in [0.1, 0.15) is 23.5 Å². The van der Waals surface area contributed by atoms with Crippen LogP contribution in [0.3, 0.4) is 0 Å². The maximum Gasteiger partial charge on any atom is 0.407 e. The fourth-order valence-electron chi connectivity index (χ4n) is 4.83. The molecule has 0 aliphatic heterocycles. The first-order valence-electron chi connectivity index (χ1n) is 14.2. The number of rotatable bonds is 10. The minimum Gasteiger partial charge on any atom is -0.489 e. The van der Waals surface area contributed by atoms with Gasteiger partial charge in [0.15, 0.2) is 0 Å². The molecule has 1 amide bonds. The smallest absolute Gasteiger partial charge is 0.407 e. The number of carbonyl (C=O) groups excluding carboxylic acids is 2. The standard InChI is InChI=1S/C34H37NO6/c1-5-38-31(36)19-27-12-11-25(24-9-10-24)18-30(27)40-21-23-16-28-13-14-39-32(28)29(17-23)26-8-6-7-22(15-26)20-35-33(37)41-34(2,3)4/h6-8,11-18,24H,5,9-10,19-21H2,1-4H3,(H,35,37). The number of benzene rings is 3. The molecule has 1 N–H and O–H groups in total. The lowest BCUT2D eigenvalue weighted by Crippen LogP contribution is -2.32. The van der Waals surface area contributed by atoms with Gasteiger partial charge in [-0.05, 0) is 99.0 Å². The van der Waals surface area contributed by atoms with Crippen molar-refractivity contribution in [1.29, 1.82) is 0 Å². The number of ether oxygens (including phenoxy) is 3. The molecule has 0 unspecified atom stereocenters. The summed E-state index contributed by atoms with van der Waals surface area (Å²) in [5, 5.41) is 3.79. The van der Waals surface area contributed by atoms with Crippen LogP contribution in [-0.4, -0.2) is 24.3 Å². The molecule has 0 spiro atoms. The zero-order chi connectivity index (χ0) is 29.0. The summed E-state index contributed by atoms with van der Waals surface area (Å²) >= 11 is 0. The highest BCUT2D eigenvalue weighted by molar-refractivity contribution is 5.93. The lowest BCUT2D eigenvalue weighted by Gasteiger charge is -2.19. The zero-order valence-corrected chi connectivity index (χ0v) is 24.1. The van der Waals surface area contributed by atoms with Crippen LogP contribution in [0.1, 0.15) is 68.7 Å². The third-order valence-electron chi connectivity index (χ3n) is 6.86. The van der Waals surface area contributed by atoms with Gasteiger partial charge >= 0.3 is 12.1 Å². The molecular weight excluding hydrogens is 518 g/mol. The van der Waals surface area contributed by atoms with E-state index in [-0.39, 0.29) is 12.4 Å². The average Bonchev–Trinajstić information content (AvgIpc) is 3.67. The van der Waals surface area contributed by atoms with Gasteiger partial charge in [-0.1, -0.05) is 30.3 Å². The molecule has 1 saturated carbocycles. The summed E-state index contributed by atoms with van der Waals surface area (Å²) < 4.78 is 22.8. The lowest BCUT2D eigenvalue weighted by molar-refractivity contribution is -0.142. The SMILES string of the molecule is CCOC(=O)Cc1ccc(C2CC2)cc1OCc1cc(-c2cccc(CNC(=O)OC(C)(C)C)c2)c2occc2c1. The van der Waals surface area contributed by atoms with Crippen LogP contribution in [0, 0.1) is 0 Å². The van der Waals surface area contributed by atoms with Crippen LogP contribution in [0.5, 0.6) is 5.75 Å². The Kier molecular flexibility index (Phi) is 8.34. The number of esters is 1. The van der Waals surface area contributed by atoms with Crippen LogP contribution in [0.25, 0.3) is 22.1 Å². The number of hydrogen-bond acceptors (Lipinski definition) is 6. The maximum atomic E-state index is 12.2. The lowest BCUT2D eigenvalue weighted by atomic mass is 9.99. The first-order valence-corrected chi connectivity index (χ1v) is 14.2. The molecular formula is C34H37NO6. The van der Waals surface area contributed by atoms with Gasteiger partial charge in [0, 0.05) is 23.1 Å². The van der Waals surface area contributed by atoms with E-state index in [9.17, 15) is 9.59 Å². The normalized spacial score (nSPS) is 13.2. The van der Waals surface area contributed by atoms with E-state index < -0.39 is 11.7 Å². The molecule has 1 fully saturated rings. The summed E-state index contributed by atoms with van der Waals surface area (Å²) in [7, 11) is 0. The molecule has 0 radical (unpaired) electrons. The summed E-state index contributed by atoms with van der Waals surface area (Å²) in [4.78, 5) is 24.4. The van der Waals surface area contributed by atoms with Gasteiger partial charge in [-0.15, -0.1) is 0 Å². The van der Waals surface area contributed by atoms with Crippen molar-refractivity contribution in [3.8, 4) is 16.9 Å². The Morgan fingerprint density at radius 1 is 1.00 bits per heavy atom. The third-order valence-corrected chi connectivity index (χ3v) is 6.86. The van der Waals surface area contributed by atoms with Crippen molar-refractivity contribution >= 4 is 23.0 Å². The topological polar surface area (TPSA) is 87.0 Å². The van der Waals surface area contributed by atoms with E-state index in [2.05, 4.69) is 29.6 Å². The predicted molar refractivity (Wildman–Crippen MR) is 158 cm³/mol. The first kappa shape index (κ1) is 28.3. The monoisotopic (exact) mass is 555 g/mol. The van der Waals surface area contributed by atoms with Crippen molar-refractivity contribution in [2.45, 2.75) is 71.6 Å². The van der Waals surface area contributed by atoms with Gasteiger partial charge in [0.05, 0.1) is 19.3 Å². The highest BCUT2D eigenvalue weighted by Crippen LogP contribution is 2.42. The van der Waals surface area contributed by atoms with Crippen molar-refractivity contribution in [2.24, 2.45) is 0 Å². The molecule has 5 rings (SSSR count). The summed E-state index contributed by atoms with van der Waals surface area (Å²) in [5.41, 5.74) is 6.11. The molecule has 7 nitrogen and oxygen atoms in total. The van der Waals surface area contributed by atoms with Crippen LogP contribution in [-0.2, 0) is 33.8 Å². The van der Waals surface area contributed by atoms with E-state index in [0.717, 1.165) is 38.8 Å². The summed E-state index contributed by atoms with van der Waals surface area (Å²) in [6, 6.07) is 20.2. The second-order valence-corrected chi connectivity index (χ2v) is 11.5. The quantitative estimate of drug-likeness (QED) is 0.202. The van der Waals surface area contributed by atoms with E-state index in [1.807, 2.05) is 64.1 Å². The van der Waals surface area contributed by atoms with Gasteiger partial charge in [-0.2, -0.15) is 0 Å². The molecule has 4 aromatic rings. The molecule has 0 saturated heterocycles. The maximum absolute atomic E-state index is 12.2. The van der Waals surface area contributed by atoms with E-state index in [4.69, 9.17) is 18.6 Å². The largest absolute Gasteiger partial charge is 0.489 e. The van der Waals surface area contributed by atoms with Crippen molar-refractivity contribution in [3.63, 3.8) is 0 Å². The number of fused-ring (bicyclic) bond motifs is 1. The average molecular weight is 556 g/mol. The molecule has 1 aromatic heterocycles. The Morgan fingerprint density at radius 3 is 2.59 bits per heavy atom. The summed E-state index contributed by atoms with van der Waals surface area (Å²) in [5.74, 6) is 1.02. The van der Waals surface area contributed by atoms with Crippen molar-refractivity contribution in [2.75, 3.05) is 6.61 Å². The molecule has 1 aliphatic carbocycles. The Bertz CT molecular complexity index is 1540. The second-order valence-electron chi connectivity index (χ2n) is 11.5. The van der Waals surface area contributed by atoms with Gasteiger partial charge in [-0.3, -0.25) is 4.79 Å². The third kappa shape index (κ3) is 7.48. The molecule has 3 aromatic carbocycles. The van der Waals surface area contributed by atoms with Gasteiger partial charge in [0.2, 0.25) is 0 Å². The minimum absolute atomic E-state index is 0.171. The summed E-state index contributed by atoms with van der Waals surface area (Å²) in [6.45, 7) is 8.34. The Balaban J connectivity index is 1.37. The summed E-state index contributed by atoms with van der Waals surface area (Å²) in [6.07, 6.45) is 3.77. The van der Waals surface area contributed by atoms with E-state index in [1.54, 1.807) is 6.26 Å². The molecule has 0 atom stereocenters. The highest BCUT2D eigenvalue weighted by atomic mass is 16.6. The van der Waals surface area contributed by atoms with E-state index >= 15 is 0 Å². The Labute approximate surface area is 240 Å². The van der Waals surface area contributed by atoms with Gasteiger partial charge in [0.25, 0.3) is 0 Å². The first-order chi connectivity index (χ1) is 19.7. The Morgan fingerprint density at radius 2 is 1.83 bits per heavy atom. The molecule has 7 heteroatoms. The number of amides is 1. The predicted octanol–water partition coefficient (Wildman–Crippen LogP) is 7.69. The molecule has 214 valence electrons. The molecule has 1 aliphatic rings. The number of hydrogen-bond donors (Lipinski definition) is 1. The number of furan rings is 1. The van der Waals surface area contributed by atoms with Crippen LogP contribution in [0.2, 0.25) is 0 Å². The number of nitrogens with one attached hydrogen (secondary N) is 1. The van der Waals surface area contributed by atoms with Gasteiger partial charge in [-0.25, -0.2) is 4.79 Å². The van der Waals surface area contributed by atoms with Crippen molar-refractivity contribution < 1.29 is 28.2 Å². The minimum atomic E-state index is -0.557. The van der Waals surface area contributed by atoms with Gasteiger partial charge < -0.3 is 23.9 Å². The van der Waals surface area contributed by atoms with Crippen LogP contribution >= 0.6 is 0 Å². The number of carbonyl (C=O) groups is 2. The fourth-order valence-corrected chi connectivity index (χ4v) is 4.83. The van der Waals surface area contributed by atoms with Crippen LogP contribution < -0.4 is 10.1 Å². The van der Waals surface area contributed by atoms with Crippen molar-refractivity contribution in [3.05, 3.63) is 89.2 Å². The molecule has 41 heavy (non-hydrogen) atoms. The highest BCUT2D eigenvalue weighted by Gasteiger charge is 2.25. The van der Waals surface area contributed by atoms with Crippen LogP contribution in [0.15, 0.2) is 71.3 Å². The van der Waals surface area contributed by atoms with Crippen molar-refractivity contribution in [1.82, 2.24) is 5.32 Å². The van der Waals surface area contributed by atoms with E-state index in [1.165, 1.54) is 18.4 Å².